The van der Waals surface area contributed by atoms with E-state index in [-0.39, 0.29) is 0 Å². The van der Waals surface area contributed by atoms with Gasteiger partial charge in [0.05, 0.1) is 0 Å². The van der Waals surface area contributed by atoms with E-state index in [1.165, 1.54) is 18.9 Å². The summed E-state index contributed by atoms with van der Waals surface area (Å²) in [5, 5.41) is 0. The van der Waals surface area contributed by atoms with Crippen LogP contribution in [-0.2, 0) is 4.79 Å². The molecule has 0 aromatic carbocycles. The number of aldehydes is 1. The van der Waals surface area contributed by atoms with E-state index >= 15 is 0 Å². The predicted molar refractivity (Wildman–Crippen MR) is 51.7 cm³/mol. The lowest BCUT2D eigenvalue weighted by atomic mass is 10.2. The highest BCUT2D eigenvalue weighted by molar-refractivity contribution is 9.11. The highest BCUT2D eigenvalue weighted by atomic mass is 79.9. The number of hydrogen-bond acceptors (Lipinski definition) is 1. The van der Waals surface area contributed by atoms with E-state index in [0.29, 0.717) is 0 Å². The molecule has 0 bridgehead atoms. The van der Waals surface area contributed by atoms with E-state index < -0.39 is 0 Å². The van der Waals surface area contributed by atoms with Crippen LogP contribution in [0.25, 0.3) is 0 Å². The first kappa shape index (κ1) is 10.6. The Bertz CT molecular complexity index is 159. The third kappa shape index (κ3) is 7.53. The van der Waals surface area contributed by atoms with Gasteiger partial charge in [-0.25, -0.2) is 0 Å². The smallest absolute Gasteiger partial charge is 0.143 e. The van der Waals surface area contributed by atoms with Crippen LogP contribution >= 0.6 is 15.9 Å². The van der Waals surface area contributed by atoms with Gasteiger partial charge in [-0.3, -0.25) is 4.79 Å². The number of hydrogen-bond donors (Lipinski definition) is 0. The van der Waals surface area contributed by atoms with Crippen LogP contribution in [0.15, 0.2) is 22.7 Å². The maximum absolute atomic E-state index is 9.96. The molecule has 0 aliphatic heterocycles. The van der Waals surface area contributed by atoms with Crippen LogP contribution in [0.5, 0.6) is 0 Å². The molecule has 11 heavy (non-hydrogen) atoms. The van der Waals surface area contributed by atoms with Crippen LogP contribution in [0.2, 0.25) is 0 Å². The Morgan fingerprint density at radius 2 is 2.27 bits per heavy atom. The van der Waals surface area contributed by atoms with Crippen molar-refractivity contribution in [2.24, 2.45) is 0 Å². The molecule has 0 atom stereocenters. The molecule has 1 nitrogen and oxygen atoms in total. The first-order chi connectivity index (χ1) is 5.31. The lowest BCUT2D eigenvalue weighted by molar-refractivity contribution is -0.104. The van der Waals surface area contributed by atoms with Gasteiger partial charge in [-0.15, -0.1) is 0 Å². The molecule has 0 aromatic heterocycles. The molecule has 0 aliphatic carbocycles. The summed E-state index contributed by atoms with van der Waals surface area (Å²) < 4.78 is 0.837. The van der Waals surface area contributed by atoms with E-state index in [2.05, 4.69) is 28.9 Å². The average Bonchev–Trinajstić information content (AvgIpc) is 1.99. The second-order valence-corrected chi connectivity index (χ2v) is 3.15. The highest BCUT2D eigenvalue weighted by Crippen LogP contribution is 2.06. The van der Waals surface area contributed by atoms with Gasteiger partial charge in [-0.2, -0.15) is 0 Å². The summed E-state index contributed by atoms with van der Waals surface area (Å²) in [6, 6.07) is 0. The predicted octanol–water partition coefficient (Wildman–Crippen LogP) is 3.21. The molecular formula is C9H13BrO. The van der Waals surface area contributed by atoms with Gasteiger partial charge in [-0.05, 0) is 12.5 Å². The molecule has 0 unspecified atom stereocenters. The number of carbonyl (C=O) groups is 1. The zero-order chi connectivity index (χ0) is 8.53. The zero-order valence-corrected chi connectivity index (χ0v) is 8.30. The van der Waals surface area contributed by atoms with Crippen molar-refractivity contribution in [2.45, 2.75) is 26.2 Å². The summed E-state index contributed by atoms with van der Waals surface area (Å²) in [6.07, 6.45) is 9.73. The van der Waals surface area contributed by atoms with Gasteiger partial charge >= 0.3 is 0 Å². The van der Waals surface area contributed by atoms with E-state index in [1.54, 1.807) is 0 Å². The van der Waals surface area contributed by atoms with Gasteiger partial charge in [0.2, 0.25) is 0 Å². The van der Waals surface area contributed by atoms with Crippen molar-refractivity contribution >= 4 is 22.2 Å². The minimum absolute atomic E-state index is 0.772. The number of rotatable bonds is 5. The fourth-order valence-corrected chi connectivity index (χ4v) is 0.933. The summed E-state index contributed by atoms with van der Waals surface area (Å²) in [4.78, 5) is 9.96. The maximum Gasteiger partial charge on any atom is 0.143 e. The Balaban J connectivity index is 3.56. The monoisotopic (exact) mass is 216 g/mol. The number of allylic oxidation sites excluding steroid dienone is 4. The lowest BCUT2D eigenvalue weighted by Crippen LogP contribution is -1.68. The van der Waals surface area contributed by atoms with Gasteiger partial charge in [-0.1, -0.05) is 47.8 Å². The maximum atomic E-state index is 9.96. The highest BCUT2D eigenvalue weighted by Gasteiger charge is 1.81. The van der Waals surface area contributed by atoms with Crippen molar-refractivity contribution < 1.29 is 4.79 Å². The Kier molecular flexibility index (Phi) is 7.47. The molecule has 0 fully saturated rings. The molecule has 0 radical (unpaired) electrons. The quantitative estimate of drug-likeness (QED) is 0.299. The minimum Gasteiger partial charge on any atom is -0.299 e. The Labute approximate surface area is 76.3 Å². The Morgan fingerprint density at radius 1 is 1.55 bits per heavy atom. The summed E-state index contributed by atoms with van der Waals surface area (Å²) in [5.74, 6) is 0. The average molecular weight is 217 g/mol. The Morgan fingerprint density at radius 3 is 2.82 bits per heavy atom. The van der Waals surface area contributed by atoms with Crippen molar-refractivity contribution in [3.63, 3.8) is 0 Å². The minimum atomic E-state index is 0.772. The second kappa shape index (κ2) is 7.73. The fraction of sp³-hybridized carbons (Fsp3) is 0.444. The topological polar surface area (TPSA) is 17.1 Å². The van der Waals surface area contributed by atoms with E-state index in [9.17, 15) is 4.79 Å². The van der Waals surface area contributed by atoms with E-state index in [0.717, 1.165) is 17.2 Å². The van der Waals surface area contributed by atoms with Crippen LogP contribution in [0.3, 0.4) is 0 Å². The molecule has 0 aliphatic rings. The molecule has 0 spiro atoms. The Hall–Kier alpha value is -0.370. The number of carbonyl (C=O) groups excluding carboxylic acids is 1. The molecule has 2 heteroatoms. The number of unbranched alkanes of at least 4 members (excludes halogenated alkanes) is 2. The largest absolute Gasteiger partial charge is 0.299 e. The van der Waals surface area contributed by atoms with Crippen LogP contribution < -0.4 is 0 Å². The van der Waals surface area contributed by atoms with Gasteiger partial charge in [0.1, 0.15) is 6.29 Å². The zero-order valence-electron chi connectivity index (χ0n) is 6.72. The molecule has 0 saturated carbocycles. The lowest BCUT2D eigenvalue weighted by Gasteiger charge is -1.87. The molecule has 0 heterocycles. The van der Waals surface area contributed by atoms with Crippen molar-refractivity contribution in [1.82, 2.24) is 0 Å². The van der Waals surface area contributed by atoms with Crippen molar-refractivity contribution in [2.75, 3.05) is 0 Å². The van der Waals surface area contributed by atoms with Crippen molar-refractivity contribution in [1.29, 1.82) is 0 Å². The van der Waals surface area contributed by atoms with Crippen molar-refractivity contribution in [3.8, 4) is 0 Å². The standard InChI is InChI=1S/C9H13BrO/c1-2-3-4-5-6-9(10)7-8-11/h5-8H,2-4H2,1H3/b6-5-,9-7-. The molecule has 0 rings (SSSR count). The molecule has 62 valence electrons. The first-order valence-corrected chi connectivity index (χ1v) is 4.58. The first-order valence-electron chi connectivity index (χ1n) is 3.78. The van der Waals surface area contributed by atoms with E-state index in [1.807, 2.05) is 6.08 Å². The van der Waals surface area contributed by atoms with Crippen LogP contribution in [0.1, 0.15) is 26.2 Å². The molecule has 0 saturated heterocycles. The summed E-state index contributed by atoms with van der Waals surface area (Å²) in [7, 11) is 0. The molecule has 0 aromatic rings. The van der Waals surface area contributed by atoms with E-state index in [4.69, 9.17) is 0 Å². The van der Waals surface area contributed by atoms with Crippen LogP contribution in [0, 0.1) is 0 Å². The molecule has 0 amide bonds. The number of halogens is 1. The SMILES string of the molecule is CCCC/C=C\C(Br)=C\C=O. The third-order valence-electron chi connectivity index (χ3n) is 1.23. The van der Waals surface area contributed by atoms with Crippen LogP contribution in [0.4, 0.5) is 0 Å². The fourth-order valence-electron chi connectivity index (χ4n) is 0.638. The third-order valence-corrected chi connectivity index (χ3v) is 1.76. The van der Waals surface area contributed by atoms with Gasteiger partial charge < -0.3 is 0 Å². The normalized spacial score (nSPS) is 12.4. The van der Waals surface area contributed by atoms with Gasteiger partial charge in [0, 0.05) is 4.48 Å². The van der Waals surface area contributed by atoms with Gasteiger partial charge in [0.15, 0.2) is 0 Å². The second-order valence-electron chi connectivity index (χ2n) is 2.23. The summed E-state index contributed by atoms with van der Waals surface area (Å²) in [6.45, 7) is 2.16. The molecule has 0 N–H and O–H groups in total. The summed E-state index contributed by atoms with van der Waals surface area (Å²) in [5.41, 5.74) is 0. The van der Waals surface area contributed by atoms with Gasteiger partial charge in [0.25, 0.3) is 0 Å². The summed E-state index contributed by atoms with van der Waals surface area (Å²) >= 11 is 3.23. The van der Waals surface area contributed by atoms with Crippen molar-refractivity contribution in [3.05, 3.63) is 22.7 Å². The molecular weight excluding hydrogens is 204 g/mol. The van der Waals surface area contributed by atoms with Crippen LogP contribution in [-0.4, -0.2) is 6.29 Å².